The third-order valence-corrected chi connectivity index (χ3v) is 3.15. The van der Waals surface area contributed by atoms with Gasteiger partial charge in [-0.2, -0.15) is 0 Å². The number of hydrogen-bond donors (Lipinski definition) is 1. The van der Waals surface area contributed by atoms with Crippen molar-refractivity contribution in [3.8, 4) is 0 Å². The van der Waals surface area contributed by atoms with E-state index in [2.05, 4.69) is 30.1 Å². The summed E-state index contributed by atoms with van der Waals surface area (Å²) in [4.78, 5) is 2.55. The fraction of sp³-hybridized carbons (Fsp3) is 0.667. The van der Waals surface area contributed by atoms with E-state index in [0.717, 1.165) is 19.6 Å². The first-order valence-corrected chi connectivity index (χ1v) is 5.52. The molecule has 0 aliphatic carbocycles. The third kappa shape index (κ3) is 2.25. The quantitative estimate of drug-likeness (QED) is 0.668. The maximum absolute atomic E-state index is 3.30. The molecule has 0 amide bonds. The van der Waals surface area contributed by atoms with Gasteiger partial charge >= 0.3 is 0 Å². The minimum atomic E-state index is 1.12. The topological polar surface area (TPSA) is 15.3 Å². The predicted molar refractivity (Wildman–Crippen MR) is 60.4 cm³/mol. The van der Waals surface area contributed by atoms with Crippen LogP contribution in [0.5, 0.6) is 0 Å². The van der Waals surface area contributed by atoms with E-state index in [-0.39, 0.29) is 0 Å². The molecular formula is C12H20N2. The van der Waals surface area contributed by atoms with Crippen molar-refractivity contribution in [3.05, 3.63) is 22.8 Å². The zero-order valence-electron chi connectivity index (χ0n) is 9.27. The van der Waals surface area contributed by atoms with Crippen LogP contribution in [0.2, 0.25) is 0 Å². The lowest BCUT2D eigenvalue weighted by Crippen LogP contribution is -2.37. The Morgan fingerprint density at radius 2 is 2.29 bits per heavy atom. The highest BCUT2D eigenvalue weighted by Crippen LogP contribution is 2.14. The first kappa shape index (κ1) is 9.94. The van der Waals surface area contributed by atoms with E-state index in [4.69, 9.17) is 0 Å². The monoisotopic (exact) mass is 192 g/mol. The van der Waals surface area contributed by atoms with Gasteiger partial charge in [-0.05, 0) is 25.8 Å². The van der Waals surface area contributed by atoms with Crippen LogP contribution in [0.3, 0.4) is 0 Å². The van der Waals surface area contributed by atoms with E-state index in [0.29, 0.717) is 0 Å². The van der Waals surface area contributed by atoms with Crippen LogP contribution in [0.25, 0.3) is 0 Å². The summed E-state index contributed by atoms with van der Waals surface area (Å²) in [5.74, 6) is 0. The van der Waals surface area contributed by atoms with Crippen LogP contribution < -0.4 is 5.32 Å². The molecule has 0 spiro atoms. The van der Waals surface area contributed by atoms with Crippen LogP contribution in [0.1, 0.15) is 20.3 Å². The SMILES string of the molecule is CC1=CCCN(CC(C)=C2CNC2)C1. The van der Waals surface area contributed by atoms with E-state index in [1.54, 1.807) is 11.1 Å². The van der Waals surface area contributed by atoms with Gasteiger partial charge in [-0.15, -0.1) is 0 Å². The molecule has 2 heteroatoms. The summed E-state index contributed by atoms with van der Waals surface area (Å²) in [6.07, 6.45) is 3.59. The molecule has 2 nitrogen and oxygen atoms in total. The highest BCUT2D eigenvalue weighted by molar-refractivity contribution is 5.23. The second-order valence-corrected chi connectivity index (χ2v) is 4.54. The molecule has 1 N–H and O–H groups in total. The standard InChI is InChI=1S/C12H20N2/c1-10-4-3-5-14(8-10)9-11(2)12-6-13-7-12/h4,13H,3,5-9H2,1-2H3. The maximum Gasteiger partial charge on any atom is 0.0197 e. The summed E-state index contributed by atoms with van der Waals surface area (Å²) in [5, 5.41) is 3.30. The Kier molecular flexibility index (Phi) is 3.04. The van der Waals surface area contributed by atoms with Gasteiger partial charge in [0.25, 0.3) is 0 Å². The molecule has 0 aromatic carbocycles. The van der Waals surface area contributed by atoms with Gasteiger partial charge < -0.3 is 5.32 Å². The fourth-order valence-electron chi connectivity index (χ4n) is 2.12. The molecular weight excluding hydrogens is 172 g/mol. The molecule has 0 atom stereocenters. The molecule has 0 saturated carbocycles. The van der Waals surface area contributed by atoms with Crippen molar-refractivity contribution in [1.29, 1.82) is 0 Å². The Hall–Kier alpha value is -0.600. The van der Waals surface area contributed by atoms with Crippen molar-refractivity contribution in [2.45, 2.75) is 20.3 Å². The molecule has 0 bridgehead atoms. The first-order chi connectivity index (χ1) is 6.75. The van der Waals surface area contributed by atoms with Crippen LogP contribution in [-0.2, 0) is 0 Å². The lowest BCUT2D eigenvalue weighted by atomic mass is 10.0. The lowest BCUT2D eigenvalue weighted by Gasteiger charge is -2.29. The van der Waals surface area contributed by atoms with Gasteiger partial charge in [0.1, 0.15) is 0 Å². The van der Waals surface area contributed by atoms with Gasteiger partial charge in [-0.1, -0.05) is 17.2 Å². The first-order valence-electron chi connectivity index (χ1n) is 5.52. The van der Waals surface area contributed by atoms with Crippen molar-refractivity contribution in [3.63, 3.8) is 0 Å². The molecule has 0 aromatic heterocycles. The van der Waals surface area contributed by atoms with Crippen LogP contribution in [0.15, 0.2) is 22.8 Å². The summed E-state index contributed by atoms with van der Waals surface area (Å²) in [5.41, 5.74) is 4.73. The van der Waals surface area contributed by atoms with Crippen LogP contribution in [0.4, 0.5) is 0 Å². The summed E-state index contributed by atoms with van der Waals surface area (Å²) in [7, 11) is 0. The average Bonchev–Trinajstić information content (AvgIpc) is 1.99. The van der Waals surface area contributed by atoms with E-state index in [1.165, 1.54) is 25.1 Å². The van der Waals surface area contributed by atoms with Gasteiger partial charge in [0.2, 0.25) is 0 Å². The molecule has 1 fully saturated rings. The Bertz CT molecular complexity index is 270. The van der Waals surface area contributed by atoms with Gasteiger partial charge in [-0.25, -0.2) is 0 Å². The maximum atomic E-state index is 3.30. The van der Waals surface area contributed by atoms with Crippen molar-refractivity contribution in [2.75, 3.05) is 32.7 Å². The van der Waals surface area contributed by atoms with Crippen molar-refractivity contribution in [1.82, 2.24) is 10.2 Å². The van der Waals surface area contributed by atoms with Crippen LogP contribution >= 0.6 is 0 Å². The van der Waals surface area contributed by atoms with E-state index in [9.17, 15) is 0 Å². The Morgan fingerprint density at radius 1 is 1.50 bits per heavy atom. The number of hydrogen-bond acceptors (Lipinski definition) is 2. The van der Waals surface area contributed by atoms with Crippen LogP contribution in [-0.4, -0.2) is 37.6 Å². The Balaban J connectivity index is 1.88. The summed E-state index contributed by atoms with van der Waals surface area (Å²) in [6, 6.07) is 0. The van der Waals surface area contributed by atoms with Crippen molar-refractivity contribution in [2.24, 2.45) is 0 Å². The summed E-state index contributed by atoms with van der Waals surface area (Å²) in [6.45, 7) is 10.3. The van der Waals surface area contributed by atoms with Gasteiger partial charge in [0.15, 0.2) is 0 Å². The zero-order chi connectivity index (χ0) is 9.97. The number of nitrogens with one attached hydrogen (secondary N) is 1. The molecule has 2 aliphatic rings. The fourth-order valence-corrected chi connectivity index (χ4v) is 2.12. The van der Waals surface area contributed by atoms with E-state index in [1.807, 2.05) is 0 Å². The smallest absolute Gasteiger partial charge is 0.0197 e. The third-order valence-electron chi connectivity index (χ3n) is 3.15. The molecule has 78 valence electrons. The van der Waals surface area contributed by atoms with Gasteiger partial charge in [-0.3, -0.25) is 4.90 Å². The molecule has 1 saturated heterocycles. The lowest BCUT2D eigenvalue weighted by molar-refractivity contribution is 0.312. The van der Waals surface area contributed by atoms with Gasteiger partial charge in [0.05, 0.1) is 0 Å². The number of nitrogens with zero attached hydrogens (tertiary/aromatic N) is 1. The molecule has 2 aliphatic heterocycles. The second kappa shape index (κ2) is 4.28. The summed E-state index contributed by atoms with van der Waals surface area (Å²) < 4.78 is 0. The molecule has 2 heterocycles. The molecule has 0 unspecified atom stereocenters. The molecule has 2 rings (SSSR count). The highest BCUT2D eigenvalue weighted by Gasteiger charge is 2.14. The Morgan fingerprint density at radius 3 is 2.86 bits per heavy atom. The zero-order valence-corrected chi connectivity index (χ0v) is 9.27. The van der Waals surface area contributed by atoms with Gasteiger partial charge in [0, 0.05) is 32.7 Å². The molecule has 14 heavy (non-hydrogen) atoms. The Labute approximate surface area is 86.7 Å². The van der Waals surface area contributed by atoms with E-state index >= 15 is 0 Å². The number of rotatable bonds is 2. The largest absolute Gasteiger partial charge is 0.309 e. The second-order valence-electron chi connectivity index (χ2n) is 4.54. The van der Waals surface area contributed by atoms with Crippen molar-refractivity contribution < 1.29 is 0 Å². The summed E-state index contributed by atoms with van der Waals surface area (Å²) >= 11 is 0. The minimum Gasteiger partial charge on any atom is -0.309 e. The van der Waals surface area contributed by atoms with Crippen molar-refractivity contribution >= 4 is 0 Å². The van der Waals surface area contributed by atoms with Crippen LogP contribution in [0, 0.1) is 0 Å². The normalized spacial score (nSPS) is 23.0. The van der Waals surface area contributed by atoms with E-state index < -0.39 is 0 Å². The molecule has 0 aromatic rings. The predicted octanol–water partition coefficient (Wildman–Crippen LogP) is 1.56. The minimum absolute atomic E-state index is 1.12. The highest BCUT2D eigenvalue weighted by atomic mass is 15.1. The average molecular weight is 192 g/mol. The molecule has 0 radical (unpaired) electrons.